The molecule has 2 aliphatic rings. The van der Waals surface area contributed by atoms with Crippen LogP contribution in [-0.2, 0) is 0 Å². The first-order chi connectivity index (χ1) is 18.3. The summed E-state index contributed by atoms with van der Waals surface area (Å²) in [6.45, 7) is 2.39. The summed E-state index contributed by atoms with van der Waals surface area (Å²) in [7, 11) is 0. The highest BCUT2D eigenvalue weighted by Gasteiger charge is 2.28. The molecule has 200 valence electrons. The van der Waals surface area contributed by atoms with Crippen molar-refractivity contribution < 1.29 is 4.79 Å². The van der Waals surface area contributed by atoms with Gasteiger partial charge < -0.3 is 43.4 Å². The molecule has 2 aliphatic heterocycles. The Morgan fingerprint density at radius 2 is 1.18 bits per heavy atom. The third kappa shape index (κ3) is 6.34. The second-order valence-electron chi connectivity index (χ2n) is 10.1. The zero-order chi connectivity index (χ0) is 26.6. The first-order valence-electron chi connectivity index (χ1n) is 12.8. The molecule has 3 aromatic rings. The maximum Gasteiger partial charge on any atom is 0.255 e. The quantitative estimate of drug-likeness (QED) is 0.268. The summed E-state index contributed by atoms with van der Waals surface area (Å²) in [5.74, 6) is 1.17. The fraction of sp³-hybridized carbons (Fsp3) is 0.385. The Kier molecular flexibility index (Phi) is 7.65. The van der Waals surface area contributed by atoms with Crippen molar-refractivity contribution >= 4 is 35.1 Å². The molecule has 0 bridgehead atoms. The van der Waals surface area contributed by atoms with Crippen LogP contribution in [0.1, 0.15) is 23.2 Å². The van der Waals surface area contributed by atoms with E-state index in [9.17, 15) is 4.79 Å². The van der Waals surface area contributed by atoms with Gasteiger partial charge in [0.25, 0.3) is 5.91 Å². The van der Waals surface area contributed by atoms with Crippen molar-refractivity contribution in [2.45, 2.75) is 37.0 Å². The molecule has 0 aliphatic carbocycles. The molecule has 38 heavy (non-hydrogen) atoms. The van der Waals surface area contributed by atoms with Gasteiger partial charge in [0.1, 0.15) is 0 Å². The van der Waals surface area contributed by atoms with E-state index in [2.05, 4.69) is 20.6 Å². The smallest absolute Gasteiger partial charge is 0.255 e. The summed E-state index contributed by atoms with van der Waals surface area (Å²) in [5, 5.41) is 6.14. The summed E-state index contributed by atoms with van der Waals surface area (Å²) in [5.41, 5.74) is 26.9. The Labute approximate surface area is 221 Å². The van der Waals surface area contributed by atoms with Crippen LogP contribution in [0, 0.1) is 0 Å². The number of para-hydroxylation sites is 1. The van der Waals surface area contributed by atoms with Crippen molar-refractivity contribution in [2.24, 2.45) is 22.9 Å². The van der Waals surface area contributed by atoms with Crippen LogP contribution >= 0.6 is 0 Å². The number of hydrogen-bond acceptors (Lipinski definition) is 11. The first kappa shape index (κ1) is 25.8. The molecule has 0 spiro atoms. The number of amides is 1. The number of aromatic nitrogens is 3. The molecule has 2 saturated heterocycles. The molecule has 0 radical (unpaired) electrons. The van der Waals surface area contributed by atoms with Gasteiger partial charge in [-0.2, -0.15) is 15.0 Å². The monoisotopic (exact) mass is 517 g/mol. The molecule has 5 rings (SSSR count). The minimum Gasteiger partial charge on any atom is -0.338 e. The molecule has 4 atom stereocenters. The van der Waals surface area contributed by atoms with Crippen LogP contribution in [0.2, 0.25) is 0 Å². The Morgan fingerprint density at radius 1 is 0.684 bits per heavy atom. The number of piperidine rings is 2. The molecule has 1 aromatic heterocycles. The van der Waals surface area contributed by atoms with Crippen molar-refractivity contribution in [2.75, 3.05) is 46.6 Å². The average molecular weight is 518 g/mol. The van der Waals surface area contributed by atoms with Crippen molar-refractivity contribution in [1.82, 2.24) is 15.0 Å². The number of anilines is 5. The summed E-state index contributed by atoms with van der Waals surface area (Å²) in [4.78, 5) is 30.7. The summed E-state index contributed by atoms with van der Waals surface area (Å²) >= 11 is 0. The highest BCUT2D eigenvalue weighted by atomic mass is 16.1. The van der Waals surface area contributed by atoms with Gasteiger partial charge in [-0.3, -0.25) is 4.79 Å². The number of nitrogens with one attached hydrogen (secondary N) is 2. The van der Waals surface area contributed by atoms with E-state index in [1.807, 2.05) is 52.3 Å². The molecule has 3 heterocycles. The van der Waals surface area contributed by atoms with Gasteiger partial charge in [0.2, 0.25) is 17.8 Å². The normalized spacial score (nSPS) is 23.7. The number of nitrogens with two attached hydrogens (primary N) is 4. The molecule has 2 aromatic carbocycles. The fourth-order valence-electron chi connectivity index (χ4n) is 4.94. The molecule has 0 unspecified atom stereocenters. The van der Waals surface area contributed by atoms with Crippen LogP contribution in [0.4, 0.5) is 29.2 Å². The van der Waals surface area contributed by atoms with E-state index in [1.165, 1.54) is 0 Å². The van der Waals surface area contributed by atoms with Crippen molar-refractivity contribution in [3.63, 3.8) is 0 Å². The molecule has 12 heteroatoms. The van der Waals surface area contributed by atoms with E-state index in [1.54, 1.807) is 12.1 Å². The summed E-state index contributed by atoms with van der Waals surface area (Å²) < 4.78 is 0. The van der Waals surface area contributed by atoms with Crippen LogP contribution < -0.4 is 43.4 Å². The van der Waals surface area contributed by atoms with Gasteiger partial charge in [-0.1, -0.05) is 18.2 Å². The highest BCUT2D eigenvalue weighted by molar-refractivity contribution is 6.04. The lowest BCUT2D eigenvalue weighted by Crippen LogP contribution is -2.54. The van der Waals surface area contributed by atoms with Crippen LogP contribution in [-0.4, -0.2) is 71.2 Å². The zero-order valence-electron chi connectivity index (χ0n) is 21.2. The van der Waals surface area contributed by atoms with Crippen LogP contribution in [0.5, 0.6) is 0 Å². The van der Waals surface area contributed by atoms with Crippen molar-refractivity contribution in [1.29, 1.82) is 0 Å². The molecule has 1 amide bonds. The van der Waals surface area contributed by atoms with Crippen LogP contribution in [0.3, 0.4) is 0 Å². The number of rotatable bonds is 6. The molecule has 12 nitrogen and oxygen atoms in total. The van der Waals surface area contributed by atoms with Crippen molar-refractivity contribution in [3.8, 4) is 0 Å². The van der Waals surface area contributed by atoms with Crippen LogP contribution in [0.15, 0.2) is 54.6 Å². The van der Waals surface area contributed by atoms with Gasteiger partial charge in [-0.15, -0.1) is 0 Å². The number of benzene rings is 2. The highest BCUT2D eigenvalue weighted by Crippen LogP contribution is 2.24. The first-order valence-corrected chi connectivity index (χ1v) is 12.8. The van der Waals surface area contributed by atoms with Gasteiger partial charge in [-0.25, -0.2) is 0 Å². The average Bonchev–Trinajstić information content (AvgIpc) is 2.88. The maximum atomic E-state index is 12.6. The fourth-order valence-corrected chi connectivity index (χ4v) is 4.94. The Hall–Kier alpha value is -3.84. The lowest BCUT2D eigenvalue weighted by Gasteiger charge is -2.37. The van der Waals surface area contributed by atoms with E-state index in [4.69, 9.17) is 27.9 Å². The third-order valence-electron chi connectivity index (χ3n) is 6.64. The predicted octanol–water partition coefficient (Wildman–Crippen LogP) is 0.597. The van der Waals surface area contributed by atoms with Gasteiger partial charge >= 0.3 is 0 Å². The topological polar surface area (TPSA) is 190 Å². The SMILES string of the molecule is N[C@@H]1C[C@H](N)CN(c2nc(Nc3ccc(C(=O)Nc4ccccc4)cc3)nc(N3C[C@H](N)C[C@H](N)C3)n2)C1. The van der Waals surface area contributed by atoms with Gasteiger partial charge in [0.05, 0.1) is 0 Å². The molecular weight excluding hydrogens is 482 g/mol. The number of nitrogens with zero attached hydrogens (tertiary/aromatic N) is 5. The molecule has 0 saturated carbocycles. The van der Waals surface area contributed by atoms with E-state index in [0.29, 0.717) is 49.6 Å². The van der Waals surface area contributed by atoms with E-state index in [0.717, 1.165) is 24.2 Å². The van der Waals surface area contributed by atoms with Gasteiger partial charge in [-0.05, 0) is 49.2 Å². The van der Waals surface area contributed by atoms with Crippen molar-refractivity contribution in [3.05, 3.63) is 60.2 Å². The van der Waals surface area contributed by atoms with E-state index >= 15 is 0 Å². The maximum absolute atomic E-state index is 12.6. The zero-order valence-corrected chi connectivity index (χ0v) is 21.2. The lowest BCUT2D eigenvalue weighted by molar-refractivity contribution is 0.102. The summed E-state index contributed by atoms with van der Waals surface area (Å²) in [6, 6.07) is 16.2. The number of carbonyl (C=O) groups excluding carboxylic acids is 1. The standard InChI is InChI=1S/C26H35N11O/c27-17-10-18(28)13-36(12-17)25-33-24(34-26(35-25)37-14-19(29)11-20(30)15-37)32-22-8-6-16(7-9-22)23(38)31-21-4-2-1-3-5-21/h1-9,17-20H,10-15,27-30H2,(H,31,38)(H,32,33,34,35)/t17-,18+,19-,20+. The third-order valence-corrected chi connectivity index (χ3v) is 6.64. The van der Waals surface area contributed by atoms with Gasteiger partial charge in [0.15, 0.2) is 0 Å². The Balaban J connectivity index is 1.38. The minimum absolute atomic E-state index is 0.0678. The second-order valence-corrected chi connectivity index (χ2v) is 10.1. The number of carbonyl (C=O) groups is 1. The predicted molar refractivity (Wildman–Crippen MR) is 150 cm³/mol. The molecular formula is C26H35N11O. The Morgan fingerprint density at radius 3 is 1.68 bits per heavy atom. The number of hydrogen-bond donors (Lipinski definition) is 6. The van der Waals surface area contributed by atoms with E-state index < -0.39 is 0 Å². The lowest BCUT2D eigenvalue weighted by atomic mass is 10.0. The molecule has 10 N–H and O–H groups in total. The molecule has 2 fully saturated rings. The van der Waals surface area contributed by atoms with Crippen LogP contribution in [0.25, 0.3) is 0 Å². The van der Waals surface area contributed by atoms with Gasteiger partial charge in [0, 0.05) is 67.3 Å². The Bertz CT molecular complexity index is 1180. The van der Waals surface area contributed by atoms with E-state index in [-0.39, 0.29) is 30.1 Å². The minimum atomic E-state index is -0.192. The summed E-state index contributed by atoms with van der Waals surface area (Å²) in [6.07, 6.45) is 1.50. The largest absolute Gasteiger partial charge is 0.338 e. The second kappa shape index (κ2) is 11.3.